The van der Waals surface area contributed by atoms with Crippen molar-refractivity contribution < 1.29 is 17.9 Å². The Labute approximate surface area is 213 Å². The molecule has 0 atom stereocenters. The highest BCUT2D eigenvalue weighted by molar-refractivity contribution is 7.92. The van der Waals surface area contributed by atoms with Crippen molar-refractivity contribution in [3.8, 4) is 5.75 Å². The Hall–Kier alpha value is -2.45. The first-order chi connectivity index (χ1) is 16.2. The van der Waals surface area contributed by atoms with Gasteiger partial charge in [0.2, 0.25) is 0 Å². The van der Waals surface area contributed by atoms with E-state index in [-0.39, 0.29) is 26.6 Å². The van der Waals surface area contributed by atoms with Gasteiger partial charge in [-0.25, -0.2) is 8.42 Å². The fourth-order valence-electron chi connectivity index (χ4n) is 3.77. The average molecular weight is 540 g/mol. The summed E-state index contributed by atoms with van der Waals surface area (Å²) in [5.74, 6) is -0.0605. The third-order valence-electron chi connectivity index (χ3n) is 5.44. The molecule has 0 unspecified atom stereocenters. The predicted octanol–water partition coefficient (Wildman–Crippen LogP) is 6.11. The van der Waals surface area contributed by atoms with Crippen LogP contribution in [-0.4, -0.2) is 27.5 Å². The number of nitrogens with zero attached hydrogens (tertiary/aromatic N) is 1. The molecule has 0 spiro atoms. The molecule has 0 fully saturated rings. The van der Waals surface area contributed by atoms with Crippen LogP contribution in [0.2, 0.25) is 15.1 Å². The lowest BCUT2D eigenvalue weighted by Crippen LogP contribution is -2.35. The van der Waals surface area contributed by atoms with Crippen molar-refractivity contribution in [1.29, 1.82) is 0 Å². The van der Waals surface area contributed by atoms with Gasteiger partial charge >= 0.3 is 0 Å². The van der Waals surface area contributed by atoms with Crippen molar-refractivity contribution >= 4 is 62.1 Å². The first-order valence-corrected chi connectivity index (χ1v) is 13.0. The van der Waals surface area contributed by atoms with Crippen LogP contribution in [0.3, 0.4) is 0 Å². The smallest absolute Gasteiger partial charge is 0.264 e. The van der Waals surface area contributed by atoms with Gasteiger partial charge in [0.25, 0.3) is 15.9 Å². The molecule has 0 aromatic heterocycles. The van der Waals surface area contributed by atoms with Crippen LogP contribution in [0.1, 0.15) is 17.5 Å². The number of hydrogen-bond donors (Lipinski definition) is 1. The first-order valence-electron chi connectivity index (χ1n) is 10.5. The standard InChI is InChI=1S/C24H21Cl3N2O4S/c1-15-11-17(34(31,32)29-10-4-6-16-5-2-3-7-22(16)29)8-9-23(15)33-14-24(30)28-21-13-19(26)18(25)12-20(21)27/h2-3,5,7-9,11-13H,4,6,10,14H2,1H3,(H,28,30). The van der Waals surface area contributed by atoms with Crippen molar-refractivity contribution in [2.45, 2.75) is 24.7 Å². The van der Waals surface area contributed by atoms with Crippen molar-refractivity contribution in [3.63, 3.8) is 0 Å². The maximum Gasteiger partial charge on any atom is 0.264 e. The number of hydrogen-bond acceptors (Lipinski definition) is 4. The Morgan fingerprint density at radius 2 is 1.76 bits per heavy atom. The fraction of sp³-hybridized carbons (Fsp3) is 0.208. The van der Waals surface area contributed by atoms with Gasteiger partial charge in [0.15, 0.2) is 6.61 Å². The highest BCUT2D eigenvalue weighted by Crippen LogP contribution is 2.34. The molecule has 1 aliphatic heterocycles. The number of aryl methyl sites for hydroxylation is 2. The van der Waals surface area contributed by atoms with Gasteiger partial charge in [-0.1, -0.05) is 53.0 Å². The summed E-state index contributed by atoms with van der Waals surface area (Å²) < 4.78 is 33.8. The lowest BCUT2D eigenvalue weighted by atomic mass is 10.0. The number of para-hydroxylation sites is 1. The molecule has 6 nitrogen and oxygen atoms in total. The van der Waals surface area contributed by atoms with E-state index in [4.69, 9.17) is 39.5 Å². The number of amides is 1. The van der Waals surface area contributed by atoms with Crippen molar-refractivity contribution in [2.24, 2.45) is 0 Å². The average Bonchev–Trinajstić information content (AvgIpc) is 2.81. The molecule has 10 heteroatoms. The maximum absolute atomic E-state index is 13.4. The molecule has 0 saturated heterocycles. The maximum atomic E-state index is 13.4. The van der Waals surface area contributed by atoms with E-state index < -0.39 is 15.9 Å². The van der Waals surface area contributed by atoms with Gasteiger partial charge in [0, 0.05) is 6.54 Å². The second-order valence-electron chi connectivity index (χ2n) is 7.82. The fourth-order valence-corrected chi connectivity index (χ4v) is 5.99. The number of carbonyl (C=O) groups is 1. The Kier molecular flexibility index (Phi) is 7.28. The van der Waals surface area contributed by atoms with E-state index in [1.165, 1.54) is 22.5 Å². The predicted molar refractivity (Wildman–Crippen MR) is 136 cm³/mol. The van der Waals surface area contributed by atoms with Gasteiger partial charge in [0.1, 0.15) is 5.75 Å². The molecule has 3 aromatic rings. The third kappa shape index (κ3) is 5.13. The zero-order chi connectivity index (χ0) is 24.5. The van der Waals surface area contributed by atoms with Crippen LogP contribution in [-0.2, 0) is 21.2 Å². The van der Waals surface area contributed by atoms with Crippen LogP contribution in [0, 0.1) is 6.92 Å². The van der Waals surface area contributed by atoms with E-state index in [1.807, 2.05) is 24.3 Å². The minimum absolute atomic E-state index is 0.168. The molecule has 0 radical (unpaired) electrons. The molecule has 0 saturated carbocycles. The number of halogens is 3. The summed E-state index contributed by atoms with van der Waals surface area (Å²) >= 11 is 18.0. The van der Waals surface area contributed by atoms with Crippen LogP contribution in [0.25, 0.3) is 0 Å². The van der Waals surface area contributed by atoms with Crippen molar-refractivity contribution in [2.75, 3.05) is 22.8 Å². The number of anilines is 2. The van der Waals surface area contributed by atoms with E-state index in [1.54, 1.807) is 19.1 Å². The summed E-state index contributed by atoms with van der Waals surface area (Å²) in [4.78, 5) is 12.5. The summed E-state index contributed by atoms with van der Waals surface area (Å²) in [6, 6.07) is 15.0. The number of carbonyl (C=O) groups excluding carboxylic acids is 1. The van der Waals surface area contributed by atoms with Gasteiger partial charge < -0.3 is 10.1 Å². The molecule has 0 bridgehead atoms. The highest BCUT2D eigenvalue weighted by Gasteiger charge is 2.29. The molecule has 1 heterocycles. The molecular weight excluding hydrogens is 519 g/mol. The molecule has 178 valence electrons. The molecule has 0 aliphatic carbocycles. The number of sulfonamides is 1. The number of fused-ring (bicyclic) bond motifs is 1. The minimum Gasteiger partial charge on any atom is -0.483 e. The molecule has 34 heavy (non-hydrogen) atoms. The number of ether oxygens (including phenoxy) is 1. The van der Waals surface area contributed by atoms with Crippen molar-refractivity contribution in [3.05, 3.63) is 80.8 Å². The lowest BCUT2D eigenvalue weighted by Gasteiger charge is -2.30. The normalized spacial score (nSPS) is 13.4. The van der Waals surface area contributed by atoms with E-state index in [9.17, 15) is 13.2 Å². The van der Waals surface area contributed by atoms with Gasteiger partial charge in [0.05, 0.1) is 31.3 Å². The van der Waals surface area contributed by atoms with Gasteiger partial charge in [-0.2, -0.15) is 0 Å². The molecule has 1 aliphatic rings. The number of nitrogens with one attached hydrogen (secondary N) is 1. The summed E-state index contributed by atoms with van der Waals surface area (Å²) in [5, 5.41) is 3.39. The molecule has 1 N–H and O–H groups in total. The van der Waals surface area contributed by atoms with Crippen LogP contribution in [0.4, 0.5) is 11.4 Å². The largest absolute Gasteiger partial charge is 0.483 e. The van der Waals surface area contributed by atoms with Crippen LogP contribution in [0.15, 0.2) is 59.5 Å². The highest BCUT2D eigenvalue weighted by atomic mass is 35.5. The van der Waals surface area contributed by atoms with E-state index >= 15 is 0 Å². The SMILES string of the molecule is Cc1cc(S(=O)(=O)N2CCCc3ccccc32)ccc1OCC(=O)Nc1cc(Cl)c(Cl)cc1Cl. The lowest BCUT2D eigenvalue weighted by molar-refractivity contribution is -0.118. The number of benzene rings is 3. The van der Waals surface area contributed by atoms with Crippen LogP contribution < -0.4 is 14.4 Å². The van der Waals surface area contributed by atoms with E-state index in [2.05, 4.69) is 5.32 Å². The molecular formula is C24H21Cl3N2O4S. The summed E-state index contributed by atoms with van der Waals surface area (Å²) in [5.41, 5.74) is 2.63. The second kappa shape index (κ2) is 10.0. The van der Waals surface area contributed by atoms with Crippen LogP contribution >= 0.6 is 34.8 Å². The molecule has 1 amide bonds. The van der Waals surface area contributed by atoms with Gasteiger partial charge in [-0.05, 0) is 67.3 Å². The molecule has 4 rings (SSSR count). The quantitative estimate of drug-likeness (QED) is 0.383. The van der Waals surface area contributed by atoms with E-state index in [0.717, 1.165) is 18.4 Å². The summed E-state index contributed by atoms with van der Waals surface area (Å²) in [6.07, 6.45) is 1.61. The Balaban J connectivity index is 1.47. The van der Waals surface area contributed by atoms with Gasteiger partial charge in [-0.15, -0.1) is 0 Å². The number of rotatable bonds is 6. The zero-order valence-corrected chi connectivity index (χ0v) is 21.2. The first kappa shape index (κ1) is 24.7. The topological polar surface area (TPSA) is 75.7 Å². The Bertz CT molecular complexity index is 1360. The minimum atomic E-state index is -3.74. The second-order valence-corrected chi connectivity index (χ2v) is 10.9. The van der Waals surface area contributed by atoms with Crippen LogP contribution in [0.5, 0.6) is 5.75 Å². The third-order valence-corrected chi connectivity index (χ3v) is 8.29. The monoisotopic (exact) mass is 538 g/mol. The van der Waals surface area contributed by atoms with Gasteiger partial charge in [-0.3, -0.25) is 9.10 Å². The summed E-state index contributed by atoms with van der Waals surface area (Å²) in [6.45, 7) is 1.85. The Morgan fingerprint density at radius 3 is 2.53 bits per heavy atom. The zero-order valence-electron chi connectivity index (χ0n) is 18.1. The molecule has 3 aromatic carbocycles. The summed E-state index contributed by atoms with van der Waals surface area (Å²) in [7, 11) is -3.74. The van der Waals surface area contributed by atoms with E-state index in [0.29, 0.717) is 29.2 Å². The van der Waals surface area contributed by atoms with Crippen molar-refractivity contribution in [1.82, 2.24) is 0 Å². The Morgan fingerprint density at radius 1 is 1.03 bits per heavy atom.